The molecule has 4 aromatic rings. The number of sulfonamides is 1. The van der Waals surface area contributed by atoms with E-state index in [1.54, 1.807) is 35.8 Å². The Morgan fingerprint density at radius 3 is 2.44 bits per heavy atom. The molecule has 190 valence electrons. The average molecular weight is 547 g/mol. The quantitative estimate of drug-likeness (QED) is 0.280. The predicted octanol–water partition coefficient (Wildman–Crippen LogP) is 5.60. The molecule has 0 amide bonds. The number of aromatic nitrogens is 1. The van der Waals surface area contributed by atoms with Crippen molar-refractivity contribution in [3.05, 3.63) is 86.5 Å². The minimum atomic E-state index is -3.86. The Morgan fingerprint density at radius 1 is 1.00 bits per heavy atom. The summed E-state index contributed by atoms with van der Waals surface area (Å²) in [5.41, 5.74) is 2.21. The van der Waals surface area contributed by atoms with Crippen LogP contribution >= 0.6 is 22.9 Å². The summed E-state index contributed by atoms with van der Waals surface area (Å²) in [6, 6.07) is 16.9. The first-order chi connectivity index (χ1) is 17.2. The smallest absolute Gasteiger partial charge is 0.308 e. The number of ether oxygens (including phenoxy) is 2. The van der Waals surface area contributed by atoms with Gasteiger partial charge in [-0.25, -0.2) is 13.1 Å². The molecule has 0 saturated carbocycles. The fraction of sp³-hybridized carbons (Fsp3) is 0.269. The molecule has 0 radical (unpaired) electrons. The van der Waals surface area contributed by atoms with Gasteiger partial charge in [0.05, 0.1) is 34.9 Å². The molecule has 7 nitrogen and oxygen atoms in total. The maximum Gasteiger partial charge on any atom is 0.308 e. The Balaban J connectivity index is 1.60. The summed E-state index contributed by atoms with van der Waals surface area (Å²) in [4.78, 5) is 12.6. The number of benzene rings is 3. The minimum absolute atomic E-state index is 0.0870. The van der Waals surface area contributed by atoms with Crippen LogP contribution in [0.1, 0.15) is 37.9 Å². The number of hydrogen-bond acceptors (Lipinski definition) is 6. The monoisotopic (exact) mass is 546 g/mol. The van der Waals surface area contributed by atoms with Gasteiger partial charge in [0, 0.05) is 11.1 Å². The first-order valence-corrected chi connectivity index (χ1v) is 14.2. The summed E-state index contributed by atoms with van der Waals surface area (Å²) < 4.78 is 42.6. The molecular formula is C26H27ClN2O5S2. The SMILES string of the molecule is CCOc1ccc(C(C)NS(=O)(=O)c2ccc3c(c2)sc(=O)n3Cc2ccccc2Cl)cc1OCC. The predicted molar refractivity (Wildman–Crippen MR) is 144 cm³/mol. The highest BCUT2D eigenvalue weighted by molar-refractivity contribution is 7.89. The first-order valence-electron chi connectivity index (χ1n) is 11.5. The van der Waals surface area contributed by atoms with Crippen LogP contribution in [0.4, 0.5) is 0 Å². The molecule has 1 unspecified atom stereocenters. The van der Waals surface area contributed by atoms with Gasteiger partial charge in [-0.05, 0) is 68.3 Å². The highest BCUT2D eigenvalue weighted by atomic mass is 35.5. The maximum atomic E-state index is 13.2. The van der Waals surface area contributed by atoms with Crippen molar-refractivity contribution >= 4 is 43.2 Å². The fourth-order valence-electron chi connectivity index (χ4n) is 3.87. The van der Waals surface area contributed by atoms with E-state index in [1.807, 2.05) is 38.1 Å². The lowest BCUT2D eigenvalue weighted by atomic mass is 10.1. The van der Waals surface area contributed by atoms with Gasteiger partial charge in [0.1, 0.15) is 0 Å². The summed E-state index contributed by atoms with van der Waals surface area (Å²) >= 11 is 7.27. The van der Waals surface area contributed by atoms with Gasteiger partial charge in [-0.2, -0.15) is 0 Å². The standard InChI is InChI=1S/C26H27ClN2O5S2/c1-4-33-23-13-10-18(14-24(23)34-5-2)17(3)28-36(31,32)20-11-12-22-25(15-20)35-26(30)29(22)16-19-8-6-7-9-21(19)27/h6-15,17,28H,4-5,16H2,1-3H3. The molecule has 1 atom stereocenters. The molecule has 0 aliphatic heterocycles. The summed E-state index contributed by atoms with van der Waals surface area (Å²) in [5.74, 6) is 1.17. The number of nitrogens with one attached hydrogen (secondary N) is 1. The lowest BCUT2D eigenvalue weighted by molar-refractivity contribution is 0.287. The Morgan fingerprint density at radius 2 is 1.72 bits per heavy atom. The van der Waals surface area contributed by atoms with Crippen LogP contribution in [-0.2, 0) is 16.6 Å². The third kappa shape index (κ3) is 5.59. The molecule has 0 fully saturated rings. The number of halogens is 1. The van der Waals surface area contributed by atoms with Gasteiger partial charge < -0.3 is 9.47 Å². The van der Waals surface area contributed by atoms with E-state index in [0.29, 0.717) is 46.5 Å². The molecule has 0 bridgehead atoms. The van der Waals surface area contributed by atoms with E-state index in [9.17, 15) is 13.2 Å². The second-order valence-electron chi connectivity index (χ2n) is 8.09. The Hall–Kier alpha value is -2.85. The zero-order valence-corrected chi connectivity index (χ0v) is 22.5. The topological polar surface area (TPSA) is 86.6 Å². The number of rotatable bonds is 10. The zero-order valence-electron chi connectivity index (χ0n) is 20.2. The van der Waals surface area contributed by atoms with Gasteiger partial charge in [-0.3, -0.25) is 9.36 Å². The van der Waals surface area contributed by atoms with Gasteiger partial charge in [0.25, 0.3) is 0 Å². The fourth-order valence-corrected chi connectivity index (χ4v) is 6.32. The van der Waals surface area contributed by atoms with Crippen LogP contribution in [0, 0.1) is 0 Å². The van der Waals surface area contributed by atoms with Gasteiger partial charge in [0.2, 0.25) is 10.0 Å². The lowest BCUT2D eigenvalue weighted by Crippen LogP contribution is -2.27. The second-order valence-corrected chi connectivity index (χ2v) is 11.2. The number of nitrogens with zero attached hydrogens (tertiary/aromatic N) is 1. The summed E-state index contributed by atoms with van der Waals surface area (Å²) in [6.07, 6.45) is 0. The van der Waals surface area contributed by atoms with Gasteiger partial charge in [-0.15, -0.1) is 0 Å². The molecule has 0 saturated heterocycles. The summed E-state index contributed by atoms with van der Waals surface area (Å²) in [5, 5.41) is 0.572. The van der Waals surface area contributed by atoms with E-state index in [2.05, 4.69) is 4.72 Å². The molecule has 3 aromatic carbocycles. The van der Waals surface area contributed by atoms with Crippen molar-refractivity contribution in [3.63, 3.8) is 0 Å². The molecule has 4 rings (SSSR count). The van der Waals surface area contributed by atoms with E-state index < -0.39 is 16.1 Å². The van der Waals surface area contributed by atoms with Crippen LogP contribution in [0.3, 0.4) is 0 Å². The van der Waals surface area contributed by atoms with Gasteiger partial charge in [0.15, 0.2) is 11.5 Å². The number of thiazole rings is 1. The van der Waals surface area contributed by atoms with Crippen LogP contribution in [0.5, 0.6) is 11.5 Å². The first kappa shape index (κ1) is 26.2. The molecule has 1 aromatic heterocycles. The van der Waals surface area contributed by atoms with Crippen LogP contribution in [-0.4, -0.2) is 26.2 Å². The molecule has 0 aliphatic rings. The van der Waals surface area contributed by atoms with E-state index in [1.165, 1.54) is 12.1 Å². The third-order valence-electron chi connectivity index (χ3n) is 5.64. The van der Waals surface area contributed by atoms with Crippen LogP contribution in [0.2, 0.25) is 5.02 Å². The molecule has 10 heteroatoms. The van der Waals surface area contributed by atoms with Gasteiger partial charge >= 0.3 is 4.87 Å². The second kappa shape index (κ2) is 11.0. The highest BCUT2D eigenvalue weighted by Crippen LogP contribution is 2.31. The minimum Gasteiger partial charge on any atom is -0.490 e. The molecular weight excluding hydrogens is 520 g/mol. The van der Waals surface area contributed by atoms with Crippen molar-refractivity contribution in [3.8, 4) is 11.5 Å². The van der Waals surface area contributed by atoms with E-state index >= 15 is 0 Å². The molecule has 0 aliphatic carbocycles. The Bertz CT molecular complexity index is 1550. The van der Waals surface area contributed by atoms with Crippen molar-refractivity contribution in [2.75, 3.05) is 13.2 Å². The normalized spacial score (nSPS) is 12.6. The largest absolute Gasteiger partial charge is 0.490 e. The Labute approximate surface area is 219 Å². The van der Waals surface area contributed by atoms with E-state index in [4.69, 9.17) is 21.1 Å². The molecule has 1 N–H and O–H groups in total. The number of fused-ring (bicyclic) bond motifs is 1. The van der Waals surface area contributed by atoms with Crippen molar-refractivity contribution in [1.82, 2.24) is 9.29 Å². The molecule has 0 spiro atoms. The van der Waals surface area contributed by atoms with Crippen molar-refractivity contribution in [1.29, 1.82) is 0 Å². The van der Waals surface area contributed by atoms with E-state index in [0.717, 1.165) is 22.5 Å². The summed E-state index contributed by atoms with van der Waals surface area (Å²) in [7, 11) is -3.86. The highest BCUT2D eigenvalue weighted by Gasteiger charge is 2.21. The zero-order chi connectivity index (χ0) is 25.9. The molecule has 36 heavy (non-hydrogen) atoms. The average Bonchev–Trinajstić information content (AvgIpc) is 3.15. The van der Waals surface area contributed by atoms with Crippen LogP contribution in [0.25, 0.3) is 10.2 Å². The number of hydrogen-bond donors (Lipinski definition) is 1. The summed E-state index contributed by atoms with van der Waals surface area (Å²) in [6.45, 7) is 6.79. The lowest BCUT2D eigenvalue weighted by Gasteiger charge is -2.18. The van der Waals surface area contributed by atoms with E-state index in [-0.39, 0.29) is 9.77 Å². The molecule has 1 heterocycles. The van der Waals surface area contributed by atoms with Crippen molar-refractivity contribution in [2.45, 2.75) is 38.3 Å². The van der Waals surface area contributed by atoms with Crippen LogP contribution < -0.4 is 19.1 Å². The van der Waals surface area contributed by atoms with Gasteiger partial charge in [-0.1, -0.05) is 47.2 Å². The maximum absolute atomic E-state index is 13.2. The van der Waals surface area contributed by atoms with Crippen LogP contribution in [0.15, 0.2) is 70.4 Å². The Kier molecular flexibility index (Phi) is 8.04. The van der Waals surface area contributed by atoms with Crippen molar-refractivity contribution < 1.29 is 17.9 Å². The third-order valence-corrected chi connectivity index (χ3v) is 8.48. The van der Waals surface area contributed by atoms with Crippen molar-refractivity contribution in [2.24, 2.45) is 0 Å².